The van der Waals surface area contributed by atoms with Gasteiger partial charge in [0.1, 0.15) is 5.78 Å². The lowest BCUT2D eigenvalue weighted by Crippen LogP contribution is -2.15. The molecule has 0 aromatic heterocycles. The molecule has 0 N–H and O–H groups in total. The Hall–Kier alpha value is -1.84. The Labute approximate surface area is 113 Å². The fraction of sp³-hybridized carbons (Fsp3) is 0.467. The number of Topliss-reactive ketones (excluding diaryl/α,β-unsaturated/α-hetero) is 2. The number of hydrogen-bond acceptors (Lipinski definition) is 4. The second-order valence-electron chi connectivity index (χ2n) is 4.42. The minimum absolute atomic E-state index is 0.0441. The number of methoxy groups -OCH3 is 2. The van der Waals surface area contributed by atoms with Crippen molar-refractivity contribution in [2.75, 3.05) is 14.2 Å². The first kappa shape index (κ1) is 15.2. The number of ether oxygens (including phenoxy) is 2. The van der Waals surface area contributed by atoms with Gasteiger partial charge >= 0.3 is 0 Å². The topological polar surface area (TPSA) is 52.6 Å². The SMILES string of the molecule is CCC(C)C(=O)CC(=O)c1cccc(OC)c1OC. The average Bonchev–Trinajstić information content (AvgIpc) is 2.44. The Morgan fingerprint density at radius 3 is 2.42 bits per heavy atom. The molecule has 4 heteroatoms. The van der Waals surface area contributed by atoms with Gasteiger partial charge in [-0.25, -0.2) is 0 Å². The van der Waals surface area contributed by atoms with Crippen molar-refractivity contribution in [2.24, 2.45) is 5.92 Å². The second kappa shape index (κ2) is 6.92. The highest BCUT2D eigenvalue weighted by molar-refractivity contribution is 6.10. The van der Waals surface area contributed by atoms with E-state index in [1.807, 2.05) is 13.8 Å². The van der Waals surface area contributed by atoms with Gasteiger partial charge < -0.3 is 9.47 Å². The number of rotatable bonds is 7. The summed E-state index contributed by atoms with van der Waals surface area (Å²) in [4.78, 5) is 24.0. The molecule has 1 aromatic carbocycles. The molecule has 0 aliphatic heterocycles. The molecule has 0 saturated carbocycles. The number of carbonyl (C=O) groups excluding carboxylic acids is 2. The van der Waals surface area contributed by atoms with Gasteiger partial charge in [-0.05, 0) is 18.6 Å². The van der Waals surface area contributed by atoms with Gasteiger partial charge in [0.25, 0.3) is 0 Å². The molecule has 0 bridgehead atoms. The van der Waals surface area contributed by atoms with Crippen LogP contribution < -0.4 is 9.47 Å². The summed E-state index contributed by atoms with van der Waals surface area (Å²) in [5, 5.41) is 0. The van der Waals surface area contributed by atoms with E-state index in [0.29, 0.717) is 17.1 Å². The third kappa shape index (κ3) is 3.56. The molecule has 0 amide bonds. The summed E-state index contributed by atoms with van der Waals surface area (Å²) in [5.74, 6) is 0.496. The first-order valence-corrected chi connectivity index (χ1v) is 6.32. The fourth-order valence-electron chi connectivity index (χ4n) is 1.76. The van der Waals surface area contributed by atoms with Crippen LogP contribution >= 0.6 is 0 Å². The van der Waals surface area contributed by atoms with E-state index in [1.165, 1.54) is 14.2 Å². The summed E-state index contributed by atoms with van der Waals surface area (Å²) in [6.07, 6.45) is 0.639. The summed E-state index contributed by atoms with van der Waals surface area (Å²) >= 11 is 0. The maximum Gasteiger partial charge on any atom is 0.174 e. The summed E-state index contributed by atoms with van der Waals surface area (Å²) in [7, 11) is 2.99. The number of hydrogen-bond donors (Lipinski definition) is 0. The van der Waals surface area contributed by atoms with Crippen molar-refractivity contribution in [2.45, 2.75) is 26.7 Å². The van der Waals surface area contributed by atoms with Crippen LogP contribution in [0.15, 0.2) is 18.2 Å². The normalized spacial score (nSPS) is 11.8. The number of ketones is 2. The largest absolute Gasteiger partial charge is 0.493 e. The van der Waals surface area contributed by atoms with Crippen molar-refractivity contribution in [3.8, 4) is 11.5 Å². The van der Waals surface area contributed by atoms with Crippen LogP contribution in [-0.4, -0.2) is 25.8 Å². The zero-order valence-electron chi connectivity index (χ0n) is 11.9. The van der Waals surface area contributed by atoms with Gasteiger partial charge in [-0.3, -0.25) is 9.59 Å². The first-order valence-electron chi connectivity index (χ1n) is 6.32. The molecular weight excluding hydrogens is 244 g/mol. The van der Waals surface area contributed by atoms with Crippen LogP contribution in [0.5, 0.6) is 11.5 Å². The van der Waals surface area contributed by atoms with Crippen molar-refractivity contribution in [3.05, 3.63) is 23.8 Å². The minimum atomic E-state index is -0.235. The van der Waals surface area contributed by atoms with E-state index >= 15 is 0 Å². The Kier molecular flexibility index (Phi) is 5.55. The summed E-state index contributed by atoms with van der Waals surface area (Å²) in [6.45, 7) is 3.76. The Morgan fingerprint density at radius 1 is 1.21 bits per heavy atom. The molecule has 0 saturated heterocycles. The molecule has 0 aliphatic carbocycles. The van der Waals surface area contributed by atoms with Crippen LogP contribution in [0.1, 0.15) is 37.0 Å². The first-order chi connectivity index (χ1) is 9.04. The molecule has 19 heavy (non-hydrogen) atoms. The smallest absolute Gasteiger partial charge is 0.174 e. The molecule has 0 fully saturated rings. The van der Waals surface area contributed by atoms with Crippen LogP contribution in [0.4, 0.5) is 0 Å². The van der Waals surface area contributed by atoms with E-state index < -0.39 is 0 Å². The maximum atomic E-state index is 12.2. The third-order valence-corrected chi connectivity index (χ3v) is 3.20. The van der Waals surface area contributed by atoms with Crippen LogP contribution in [0, 0.1) is 5.92 Å². The fourth-order valence-corrected chi connectivity index (χ4v) is 1.76. The summed E-state index contributed by atoms with van der Waals surface area (Å²) in [5.41, 5.74) is 0.388. The van der Waals surface area contributed by atoms with Crippen LogP contribution in [0.25, 0.3) is 0 Å². The third-order valence-electron chi connectivity index (χ3n) is 3.20. The molecular formula is C15H20O4. The van der Waals surface area contributed by atoms with E-state index in [9.17, 15) is 9.59 Å². The molecule has 0 aliphatic rings. The minimum Gasteiger partial charge on any atom is -0.493 e. The number of benzene rings is 1. The zero-order valence-corrected chi connectivity index (χ0v) is 11.9. The number of carbonyl (C=O) groups is 2. The molecule has 1 unspecified atom stereocenters. The standard InChI is InChI=1S/C15H20O4/c1-5-10(2)12(16)9-13(17)11-7-6-8-14(18-3)15(11)19-4/h6-8,10H,5,9H2,1-4H3. The molecule has 0 spiro atoms. The van der Waals surface area contributed by atoms with Gasteiger partial charge in [-0.1, -0.05) is 19.9 Å². The van der Waals surface area contributed by atoms with Crippen LogP contribution in [0.3, 0.4) is 0 Å². The Morgan fingerprint density at radius 2 is 1.89 bits per heavy atom. The predicted molar refractivity (Wildman–Crippen MR) is 73.0 cm³/mol. The lowest BCUT2D eigenvalue weighted by atomic mass is 9.96. The summed E-state index contributed by atoms with van der Waals surface area (Å²) in [6, 6.07) is 5.07. The molecule has 104 valence electrons. The molecule has 1 atom stereocenters. The Balaban J connectivity index is 2.97. The monoisotopic (exact) mass is 264 g/mol. The van der Waals surface area contributed by atoms with Gasteiger partial charge in [0.05, 0.1) is 26.2 Å². The molecule has 0 heterocycles. The van der Waals surface area contributed by atoms with Crippen molar-refractivity contribution < 1.29 is 19.1 Å². The van der Waals surface area contributed by atoms with Crippen molar-refractivity contribution in [3.63, 3.8) is 0 Å². The summed E-state index contributed by atoms with van der Waals surface area (Å²) < 4.78 is 10.3. The number of para-hydroxylation sites is 1. The lowest BCUT2D eigenvalue weighted by molar-refractivity contribution is -0.121. The Bertz CT molecular complexity index is 465. The van der Waals surface area contributed by atoms with Crippen molar-refractivity contribution in [1.82, 2.24) is 0 Å². The van der Waals surface area contributed by atoms with Gasteiger partial charge in [-0.2, -0.15) is 0 Å². The van der Waals surface area contributed by atoms with Gasteiger partial charge in [0.2, 0.25) is 0 Å². The van der Waals surface area contributed by atoms with E-state index in [-0.39, 0.29) is 23.9 Å². The highest BCUT2D eigenvalue weighted by Crippen LogP contribution is 2.31. The van der Waals surface area contributed by atoms with E-state index in [0.717, 1.165) is 6.42 Å². The van der Waals surface area contributed by atoms with E-state index in [1.54, 1.807) is 18.2 Å². The van der Waals surface area contributed by atoms with Crippen LogP contribution in [-0.2, 0) is 4.79 Å². The van der Waals surface area contributed by atoms with E-state index in [4.69, 9.17) is 9.47 Å². The van der Waals surface area contributed by atoms with Crippen molar-refractivity contribution >= 4 is 11.6 Å². The quantitative estimate of drug-likeness (QED) is 0.561. The predicted octanol–water partition coefficient (Wildman–Crippen LogP) is 2.89. The van der Waals surface area contributed by atoms with Gasteiger partial charge in [0.15, 0.2) is 17.3 Å². The van der Waals surface area contributed by atoms with Crippen LogP contribution in [0.2, 0.25) is 0 Å². The highest BCUT2D eigenvalue weighted by Gasteiger charge is 2.21. The molecule has 1 aromatic rings. The van der Waals surface area contributed by atoms with E-state index in [2.05, 4.69) is 0 Å². The average molecular weight is 264 g/mol. The lowest BCUT2D eigenvalue weighted by Gasteiger charge is -2.12. The zero-order chi connectivity index (χ0) is 14.4. The van der Waals surface area contributed by atoms with Gasteiger partial charge in [0, 0.05) is 5.92 Å². The molecule has 1 rings (SSSR count). The van der Waals surface area contributed by atoms with Crippen molar-refractivity contribution in [1.29, 1.82) is 0 Å². The van der Waals surface area contributed by atoms with Gasteiger partial charge in [-0.15, -0.1) is 0 Å². The maximum absolute atomic E-state index is 12.2. The highest BCUT2D eigenvalue weighted by atomic mass is 16.5. The molecule has 0 radical (unpaired) electrons. The second-order valence-corrected chi connectivity index (χ2v) is 4.42. The molecule has 4 nitrogen and oxygen atoms in total.